The lowest BCUT2D eigenvalue weighted by molar-refractivity contribution is -0.390. The Labute approximate surface area is 361 Å². The van der Waals surface area contributed by atoms with Crippen molar-refractivity contribution in [3.63, 3.8) is 0 Å². The van der Waals surface area contributed by atoms with Gasteiger partial charge in [-0.25, -0.2) is 9.18 Å². The lowest BCUT2D eigenvalue weighted by Gasteiger charge is -2.51. The second-order valence-electron chi connectivity index (χ2n) is 16.0. The molecular formula is C37H64FN3O22. The number of aliphatic hydroxyl groups excluding tert-OH is 10. The Morgan fingerprint density at radius 1 is 0.778 bits per heavy atom. The fraction of sp³-hybridized carbons (Fsp3) is 0.919. The zero-order valence-corrected chi connectivity index (χ0v) is 35.0. The van der Waals surface area contributed by atoms with Crippen LogP contribution in [0.4, 0.5) is 4.39 Å². The number of nitrogens with one attached hydrogen (secondary N) is 2. The Morgan fingerprint density at radius 2 is 1.38 bits per heavy atom. The van der Waals surface area contributed by atoms with Crippen molar-refractivity contribution < 1.29 is 113 Å². The van der Waals surface area contributed by atoms with E-state index in [0.29, 0.717) is 19.4 Å². The van der Waals surface area contributed by atoms with Crippen LogP contribution >= 0.6 is 0 Å². The summed E-state index contributed by atoms with van der Waals surface area (Å²) in [5.41, 5.74) is 5.58. The third-order valence-corrected chi connectivity index (χ3v) is 11.3. The third-order valence-electron chi connectivity index (χ3n) is 11.3. The van der Waals surface area contributed by atoms with Gasteiger partial charge in [0.25, 0.3) is 5.79 Å². The summed E-state index contributed by atoms with van der Waals surface area (Å²) in [5, 5.41) is 123. The first kappa shape index (κ1) is 53.2. The SMILES string of the molecule is CC(=O)N[C@H]1[C@H](OCCCCCCN)O[C@H](CO)[C@@H](O[C@@H]2O[C@H](CF)[C@H](O)[C@H](O[C@]3(C(=O)O)C[C@H](O)[C@@H](NC(C)=O)[C@H]([C@H](O)[C@H](O)CO)O3)[C@H]2O)[C@@H]1O[C@@H]1O[C@@H](C)[C@@H](O)[C@@H](O)[C@@H]1O. The standard InChI is InChI=1S/C37H64FN3O22/c1-14-23(48)26(51)27(52)34(57-14)61-31-22(41-16(3)45)33(56-9-7-5-4-6-8-39)59-20(13-43)29(31)60-35-28(53)32(25(50)19(11-38)58-35)63-37(36(54)55)10-17(46)21(40-15(2)44)30(62-37)24(49)18(47)12-42/h14,17-35,42-43,46-53H,4-13,39H2,1-3H3,(H,40,44)(H,41,45)(H,54,55)/t14-,17-,18+,19+,20+,21+,22+,23+,24+,25-,26+,27-,28+,29+,30+,31+,32-,33+,34-,35-,37-/m0/s1. The predicted molar refractivity (Wildman–Crippen MR) is 203 cm³/mol. The number of carboxylic acid groups (broad SMARTS) is 1. The van der Waals surface area contributed by atoms with Crippen molar-refractivity contribution in [2.24, 2.45) is 5.73 Å². The number of aliphatic carboxylic acids is 1. The first-order chi connectivity index (χ1) is 29.7. The molecule has 0 unspecified atom stereocenters. The highest BCUT2D eigenvalue weighted by molar-refractivity contribution is 5.76. The molecule has 4 fully saturated rings. The number of amides is 2. The summed E-state index contributed by atoms with van der Waals surface area (Å²) in [7, 11) is 0. The maximum absolute atomic E-state index is 14.7. The zero-order chi connectivity index (χ0) is 46.9. The van der Waals surface area contributed by atoms with E-state index in [-0.39, 0.29) is 6.61 Å². The van der Waals surface area contributed by atoms with Crippen LogP contribution in [-0.2, 0) is 52.3 Å². The van der Waals surface area contributed by atoms with Gasteiger partial charge < -0.3 is 110 Å². The number of hydrogen-bond acceptors (Lipinski definition) is 22. The molecule has 0 aromatic rings. The van der Waals surface area contributed by atoms with Gasteiger partial charge >= 0.3 is 5.97 Å². The topological polar surface area (TPSA) is 398 Å². The van der Waals surface area contributed by atoms with Crippen molar-refractivity contribution in [3.05, 3.63) is 0 Å². The molecule has 4 heterocycles. The van der Waals surface area contributed by atoms with Gasteiger partial charge in [-0.15, -0.1) is 0 Å². The molecule has 25 nitrogen and oxygen atoms in total. The molecule has 366 valence electrons. The number of carbonyl (C=O) groups excluding carboxylic acids is 2. The number of rotatable bonds is 21. The number of aliphatic hydroxyl groups is 10. The average molecular weight is 922 g/mol. The van der Waals surface area contributed by atoms with Gasteiger partial charge in [0, 0.05) is 26.9 Å². The van der Waals surface area contributed by atoms with Gasteiger partial charge in [-0.3, -0.25) is 9.59 Å². The van der Waals surface area contributed by atoms with E-state index < -0.39 is 172 Å². The quantitative estimate of drug-likeness (QED) is 0.0476. The van der Waals surface area contributed by atoms with Crippen molar-refractivity contribution in [2.75, 3.05) is 33.0 Å². The summed E-state index contributed by atoms with van der Waals surface area (Å²) in [6.45, 7) is 0.490. The number of alkyl halides is 1. The Hall–Kier alpha value is -2.42. The molecule has 21 atom stereocenters. The van der Waals surface area contributed by atoms with Crippen LogP contribution in [0.15, 0.2) is 0 Å². The van der Waals surface area contributed by atoms with Gasteiger partial charge in [0.2, 0.25) is 11.8 Å². The van der Waals surface area contributed by atoms with Crippen molar-refractivity contribution in [1.82, 2.24) is 10.6 Å². The number of unbranched alkanes of at least 4 members (excludes halogenated alkanes) is 3. The molecule has 0 saturated carbocycles. The highest BCUT2D eigenvalue weighted by atomic mass is 19.1. The molecule has 0 aliphatic carbocycles. The first-order valence-corrected chi connectivity index (χ1v) is 20.7. The summed E-state index contributed by atoms with van der Waals surface area (Å²) in [4.78, 5) is 37.7. The second-order valence-corrected chi connectivity index (χ2v) is 16.0. The normalized spacial score (nSPS) is 42.0. The third kappa shape index (κ3) is 12.7. The zero-order valence-electron chi connectivity index (χ0n) is 35.0. The van der Waals surface area contributed by atoms with E-state index in [4.69, 9.17) is 43.6 Å². The lowest BCUT2D eigenvalue weighted by atomic mass is 9.88. The highest BCUT2D eigenvalue weighted by Crippen LogP contribution is 2.39. The minimum atomic E-state index is -3.15. The average Bonchev–Trinajstić information content (AvgIpc) is 3.24. The summed E-state index contributed by atoms with van der Waals surface area (Å²) in [5.74, 6) is -6.66. The van der Waals surface area contributed by atoms with E-state index in [9.17, 15) is 74.9 Å². The molecule has 26 heteroatoms. The van der Waals surface area contributed by atoms with E-state index in [2.05, 4.69) is 10.6 Å². The molecular weight excluding hydrogens is 857 g/mol. The van der Waals surface area contributed by atoms with Gasteiger partial charge in [0.05, 0.1) is 31.5 Å². The van der Waals surface area contributed by atoms with Crippen molar-refractivity contribution >= 4 is 17.8 Å². The maximum atomic E-state index is 14.7. The second kappa shape index (κ2) is 23.9. The van der Waals surface area contributed by atoms with Gasteiger partial charge in [-0.05, 0) is 26.3 Å². The van der Waals surface area contributed by atoms with Gasteiger partial charge in [0.1, 0.15) is 92.1 Å². The summed E-state index contributed by atoms with van der Waals surface area (Å²) in [6.07, 6.45) is -32.2. The molecule has 0 radical (unpaired) electrons. The fourth-order valence-corrected chi connectivity index (χ4v) is 7.89. The number of halogens is 1. The lowest BCUT2D eigenvalue weighted by Crippen LogP contribution is -2.71. The minimum absolute atomic E-state index is 0.0518. The Morgan fingerprint density at radius 3 is 1.97 bits per heavy atom. The van der Waals surface area contributed by atoms with E-state index >= 15 is 0 Å². The van der Waals surface area contributed by atoms with E-state index in [1.807, 2.05) is 0 Å². The number of hydrogen-bond donors (Lipinski definition) is 14. The van der Waals surface area contributed by atoms with E-state index in [0.717, 1.165) is 26.7 Å². The van der Waals surface area contributed by atoms with Crippen molar-refractivity contribution in [3.8, 4) is 0 Å². The van der Waals surface area contributed by atoms with Crippen LogP contribution < -0.4 is 16.4 Å². The smallest absolute Gasteiger partial charge is 0.364 e. The predicted octanol–water partition coefficient (Wildman–Crippen LogP) is -6.71. The Kier molecular flexibility index (Phi) is 20.1. The molecule has 0 bridgehead atoms. The van der Waals surface area contributed by atoms with Crippen LogP contribution in [-0.4, -0.2) is 235 Å². The van der Waals surface area contributed by atoms with Crippen LogP contribution in [0.3, 0.4) is 0 Å². The van der Waals surface area contributed by atoms with Gasteiger partial charge in [-0.1, -0.05) is 12.8 Å². The summed E-state index contributed by atoms with van der Waals surface area (Å²) < 4.78 is 61.6. The minimum Gasteiger partial charge on any atom is -0.477 e. The Balaban J connectivity index is 1.72. The molecule has 0 aromatic heterocycles. The number of nitrogens with two attached hydrogens (primary N) is 1. The van der Waals surface area contributed by atoms with Crippen LogP contribution in [0, 0.1) is 0 Å². The molecule has 0 spiro atoms. The number of carboxylic acids is 1. The molecule has 4 aliphatic rings. The van der Waals surface area contributed by atoms with E-state index in [1.165, 1.54) is 6.92 Å². The van der Waals surface area contributed by atoms with E-state index in [1.54, 1.807) is 0 Å². The molecule has 2 amide bonds. The van der Waals surface area contributed by atoms with Crippen LogP contribution in [0.5, 0.6) is 0 Å². The Bertz CT molecular complexity index is 1460. The molecule has 4 aliphatic heterocycles. The van der Waals surface area contributed by atoms with Gasteiger partial charge in [0.15, 0.2) is 18.9 Å². The number of carbonyl (C=O) groups is 3. The van der Waals surface area contributed by atoms with Crippen LogP contribution in [0.1, 0.15) is 52.9 Å². The first-order valence-electron chi connectivity index (χ1n) is 20.7. The largest absolute Gasteiger partial charge is 0.477 e. The summed E-state index contributed by atoms with van der Waals surface area (Å²) in [6, 6.07) is -3.04. The van der Waals surface area contributed by atoms with Crippen molar-refractivity contribution in [1.29, 1.82) is 0 Å². The molecule has 4 rings (SSSR count). The molecule has 0 aromatic carbocycles. The summed E-state index contributed by atoms with van der Waals surface area (Å²) >= 11 is 0. The molecule has 63 heavy (non-hydrogen) atoms. The van der Waals surface area contributed by atoms with Crippen LogP contribution in [0.2, 0.25) is 0 Å². The van der Waals surface area contributed by atoms with Gasteiger partial charge in [-0.2, -0.15) is 0 Å². The highest BCUT2D eigenvalue weighted by Gasteiger charge is 2.61. The number of ether oxygens (including phenoxy) is 8. The fourth-order valence-electron chi connectivity index (χ4n) is 7.89. The van der Waals surface area contributed by atoms with Crippen molar-refractivity contribution in [2.45, 2.75) is 181 Å². The monoisotopic (exact) mass is 921 g/mol. The van der Waals surface area contributed by atoms with Crippen LogP contribution in [0.25, 0.3) is 0 Å². The molecule has 15 N–H and O–H groups in total. The maximum Gasteiger partial charge on any atom is 0.364 e. The molecule has 4 saturated heterocycles.